The molecule has 0 spiro atoms. The fourth-order valence-corrected chi connectivity index (χ4v) is 3.22. The monoisotopic (exact) mass is 388 g/mol. The Morgan fingerprint density at radius 1 is 1.32 bits per heavy atom. The van der Waals surface area contributed by atoms with Crippen LogP contribution in [0.15, 0.2) is 38.6 Å². The Bertz CT molecular complexity index is 604. The molecular formula is C14H18Br2N2O. The molecule has 1 aromatic rings. The summed E-state index contributed by atoms with van der Waals surface area (Å²) in [6.07, 6.45) is 7.84. The molecule has 0 bridgehead atoms. The number of nitrogens with zero attached hydrogens (tertiary/aromatic N) is 2. The van der Waals surface area contributed by atoms with Crippen LogP contribution in [0.3, 0.4) is 0 Å². The van der Waals surface area contributed by atoms with E-state index < -0.39 is 0 Å². The molecule has 5 heteroatoms. The number of halogens is 2. The Morgan fingerprint density at radius 2 is 1.95 bits per heavy atom. The summed E-state index contributed by atoms with van der Waals surface area (Å²) in [4.78, 5) is 12.1. The van der Waals surface area contributed by atoms with Crippen molar-refractivity contribution in [2.75, 3.05) is 0 Å². The number of hydrogen-bond acceptors (Lipinski definition) is 1. The first kappa shape index (κ1) is 16.2. The molecule has 19 heavy (non-hydrogen) atoms. The van der Waals surface area contributed by atoms with Gasteiger partial charge in [0.1, 0.15) is 4.47 Å². The third-order valence-electron chi connectivity index (χ3n) is 2.88. The number of alkyl halides is 1. The average Bonchev–Trinajstić information content (AvgIpc) is 2.58. The summed E-state index contributed by atoms with van der Waals surface area (Å²) in [6.45, 7) is 6.06. The molecule has 1 rings (SSSR count). The lowest BCUT2D eigenvalue weighted by molar-refractivity contribution is 0.652. The van der Waals surface area contributed by atoms with Crippen molar-refractivity contribution in [3.8, 4) is 0 Å². The van der Waals surface area contributed by atoms with E-state index in [0.717, 1.165) is 11.3 Å². The normalized spacial score (nSPS) is 13.6. The van der Waals surface area contributed by atoms with Crippen LogP contribution in [0, 0.1) is 0 Å². The molecule has 0 unspecified atom stereocenters. The molecule has 104 valence electrons. The molecule has 0 N–H and O–H groups in total. The van der Waals surface area contributed by atoms with Crippen molar-refractivity contribution in [1.29, 1.82) is 0 Å². The highest BCUT2D eigenvalue weighted by Crippen LogP contribution is 2.15. The maximum atomic E-state index is 12.1. The highest BCUT2D eigenvalue weighted by molar-refractivity contribution is 9.10. The van der Waals surface area contributed by atoms with E-state index >= 15 is 0 Å². The van der Waals surface area contributed by atoms with Gasteiger partial charge in [0.25, 0.3) is 5.56 Å². The smallest absolute Gasteiger partial charge is 0.284 e. The van der Waals surface area contributed by atoms with Gasteiger partial charge in [-0.25, -0.2) is 4.68 Å². The second kappa shape index (κ2) is 7.10. The van der Waals surface area contributed by atoms with Crippen molar-refractivity contribution in [3.63, 3.8) is 0 Å². The molecule has 0 aliphatic rings. The number of hydrogen-bond donors (Lipinski definition) is 0. The predicted molar refractivity (Wildman–Crippen MR) is 88.5 cm³/mol. The van der Waals surface area contributed by atoms with Gasteiger partial charge in [0.2, 0.25) is 0 Å². The minimum absolute atomic E-state index is 0.0521. The molecule has 0 radical (unpaired) electrons. The van der Waals surface area contributed by atoms with Gasteiger partial charge in [-0.2, -0.15) is 0 Å². The molecule has 0 saturated carbocycles. The van der Waals surface area contributed by atoms with Crippen molar-refractivity contribution >= 4 is 38.1 Å². The standard InChI is InChI=1S/C14H18Br2N2O/c1-5-10(2)8-11(3)6-7-18-14(19)13(16)12(9-15)17(18)4/h5-8H,9H2,1-4H3/b7-6+,10-5-,11-8-. The maximum Gasteiger partial charge on any atom is 0.285 e. The van der Waals surface area contributed by atoms with Gasteiger partial charge in [0.15, 0.2) is 0 Å². The van der Waals surface area contributed by atoms with Crippen LogP contribution >= 0.6 is 31.9 Å². The molecule has 1 heterocycles. The quantitative estimate of drug-likeness (QED) is 0.559. The van der Waals surface area contributed by atoms with E-state index in [4.69, 9.17) is 0 Å². The average molecular weight is 390 g/mol. The second-order valence-electron chi connectivity index (χ2n) is 4.30. The van der Waals surface area contributed by atoms with Gasteiger partial charge >= 0.3 is 0 Å². The molecule has 0 aliphatic heterocycles. The van der Waals surface area contributed by atoms with Gasteiger partial charge < -0.3 is 0 Å². The van der Waals surface area contributed by atoms with Crippen LogP contribution in [0.2, 0.25) is 0 Å². The SMILES string of the molecule is C\C=C(C)/C=C(C)\C=C\n1c(=O)c(Br)c(CBr)n1C. The van der Waals surface area contributed by atoms with Crippen molar-refractivity contribution in [1.82, 2.24) is 9.36 Å². The fourth-order valence-electron chi connectivity index (χ4n) is 1.62. The highest BCUT2D eigenvalue weighted by Gasteiger charge is 2.12. The zero-order valence-electron chi connectivity index (χ0n) is 11.6. The van der Waals surface area contributed by atoms with Crippen LogP contribution in [0.25, 0.3) is 6.20 Å². The van der Waals surface area contributed by atoms with Gasteiger partial charge in [-0.05, 0) is 48.4 Å². The highest BCUT2D eigenvalue weighted by atomic mass is 79.9. The largest absolute Gasteiger partial charge is 0.285 e. The lowest BCUT2D eigenvalue weighted by Gasteiger charge is -2.03. The molecule has 0 atom stereocenters. The van der Waals surface area contributed by atoms with Crippen LogP contribution in [-0.2, 0) is 12.4 Å². The lowest BCUT2D eigenvalue weighted by atomic mass is 10.2. The van der Waals surface area contributed by atoms with Crippen LogP contribution in [0.1, 0.15) is 26.5 Å². The van der Waals surface area contributed by atoms with Gasteiger partial charge in [-0.15, -0.1) is 0 Å². The van der Waals surface area contributed by atoms with E-state index in [-0.39, 0.29) is 5.56 Å². The van der Waals surface area contributed by atoms with Gasteiger partial charge in [0.05, 0.1) is 5.69 Å². The van der Waals surface area contributed by atoms with Crippen molar-refractivity contribution in [3.05, 3.63) is 49.9 Å². The summed E-state index contributed by atoms with van der Waals surface area (Å²) in [7, 11) is 1.86. The Labute approximate surface area is 130 Å². The van der Waals surface area contributed by atoms with E-state index in [1.807, 2.05) is 44.7 Å². The molecule has 1 aromatic heterocycles. The second-order valence-corrected chi connectivity index (χ2v) is 5.66. The van der Waals surface area contributed by atoms with E-state index in [1.165, 1.54) is 5.57 Å². The predicted octanol–water partition coefficient (Wildman–Crippen LogP) is 4.23. The van der Waals surface area contributed by atoms with Gasteiger partial charge in [-0.1, -0.05) is 33.7 Å². The first-order valence-electron chi connectivity index (χ1n) is 5.93. The molecule has 0 aromatic carbocycles. The number of aromatic nitrogens is 2. The van der Waals surface area contributed by atoms with E-state index in [2.05, 4.69) is 37.9 Å². The van der Waals surface area contributed by atoms with Crippen molar-refractivity contribution in [2.45, 2.75) is 26.1 Å². The first-order valence-corrected chi connectivity index (χ1v) is 7.85. The third kappa shape index (κ3) is 3.83. The minimum Gasteiger partial charge on any atom is -0.284 e. The Balaban J connectivity index is 3.14. The molecule has 0 aliphatic carbocycles. The van der Waals surface area contributed by atoms with Crippen LogP contribution < -0.4 is 5.56 Å². The van der Waals surface area contributed by atoms with Crippen molar-refractivity contribution in [2.24, 2.45) is 7.05 Å². The Morgan fingerprint density at radius 3 is 2.42 bits per heavy atom. The molecule has 0 amide bonds. The molecule has 3 nitrogen and oxygen atoms in total. The van der Waals surface area contributed by atoms with E-state index in [0.29, 0.717) is 9.80 Å². The Hall–Kier alpha value is -0.810. The summed E-state index contributed by atoms with van der Waals surface area (Å²) in [6, 6.07) is 0. The third-order valence-corrected chi connectivity index (χ3v) is 4.21. The summed E-state index contributed by atoms with van der Waals surface area (Å²) in [5, 5.41) is 0.632. The number of allylic oxidation sites excluding steroid dienone is 5. The zero-order valence-corrected chi connectivity index (χ0v) is 14.7. The van der Waals surface area contributed by atoms with Crippen LogP contribution in [0.5, 0.6) is 0 Å². The zero-order chi connectivity index (χ0) is 14.6. The maximum absolute atomic E-state index is 12.1. The first-order chi connectivity index (χ1) is 8.92. The molecule has 0 saturated heterocycles. The van der Waals surface area contributed by atoms with E-state index in [9.17, 15) is 4.79 Å². The summed E-state index contributed by atoms with van der Waals surface area (Å²) in [5.74, 6) is 0. The summed E-state index contributed by atoms with van der Waals surface area (Å²) < 4.78 is 4.01. The molecule has 0 fully saturated rings. The minimum atomic E-state index is -0.0521. The van der Waals surface area contributed by atoms with Crippen LogP contribution in [-0.4, -0.2) is 9.36 Å². The number of rotatable bonds is 4. The van der Waals surface area contributed by atoms with Gasteiger partial charge in [0, 0.05) is 18.6 Å². The lowest BCUT2D eigenvalue weighted by Crippen LogP contribution is -2.16. The van der Waals surface area contributed by atoms with Crippen molar-refractivity contribution < 1.29 is 0 Å². The fraction of sp³-hybridized carbons (Fsp3) is 0.357. The Kier molecular flexibility index (Phi) is 6.07. The summed E-state index contributed by atoms with van der Waals surface area (Å²) in [5.41, 5.74) is 3.16. The van der Waals surface area contributed by atoms with E-state index in [1.54, 1.807) is 10.9 Å². The topological polar surface area (TPSA) is 26.9 Å². The van der Waals surface area contributed by atoms with Gasteiger partial charge in [-0.3, -0.25) is 9.48 Å². The molecular weight excluding hydrogens is 372 g/mol. The summed E-state index contributed by atoms with van der Waals surface area (Å²) >= 11 is 6.71. The van der Waals surface area contributed by atoms with Crippen LogP contribution in [0.4, 0.5) is 0 Å².